The summed E-state index contributed by atoms with van der Waals surface area (Å²) in [7, 11) is 1.83. The highest BCUT2D eigenvalue weighted by Gasteiger charge is 2.15. The molecule has 0 spiro atoms. The normalized spacial score (nSPS) is 11.0. The van der Waals surface area contributed by atoms with Crippen LogP contribution in [0.25, 0.3) is 22.4 Å². The van der Waals surface area contributed by atoms with Gasteiger partial charge in [-0.15, -0.1) is 0 Å². The van der Waals surface area contributed by atoms with Crippen molar-refractivity contribution in [2.45, 2.75) is 20.3 Å². The summed E-state index contributed by atoms with van der Waals surface area (Å²) in [5.74, 6) is 1.87. The number of furan rings is 1. The van der Waals surface area contributed by atoms with E-state index in [2.05, 4.69) is 15.3 Å². The maximum absolute atomic E-state index is 13.3. The summed E-state index contributed by atoms with van der Waals surface area (Å²) >= 11 is 0. The Morgan fingerprint density at radius 2 is 2.05 bits per heavy atom. The van der Waals surface area contributed by atoms with Crippen LogP contribution in [0.5, 0.6) is 0 Å². The van der Waals surface area contributed by atoms with Gasteiger partial charge in [0.05, 0.1) is 0 Å². The lowest BCUT2D eigenvalue weighted by atomic mass is 10.1. The zero-order chi connectivity index (χ0) is 15.0. The summed E-state index contributed by atoms with van der Waals surface area (Å²) in [6, 6.07) is 6.29. The zero-order valence-corrected chi connectivity index (χ0v) is 12.2. The smallest absolute Gasteiger partial charge is 0.154 e. The second-order valence-electron chi connectivity index (χ2n) is 4.86. The van der Waals surface area contributed by atoms with Gasteiger partial charge in [-0.3, -0.25) is 0 Å². The van der Waals surface area contributed by atoms with Crippen LogP contribution in [0.2, 0.25) is 0 Å². The molecule has 0 aliphatic heterocycles. The number of benzene rings is 1. The number of nitrogens with zero attached hydrogens (tertiary/aromatic N) is 2. The molecule has 21 heavy (non-hydrogen) atoms. The van der Waals surface area contributed by atoms with Gasteiger partial charge in [-0.25, -0.2) is 14.4 Å². The van der Waals surface area contributed by atoms with E-state index in [1.165, 1.54) is 12.1 Å². The zero-order valence-electron chi connectivity index (χ0n) is 12.2. The van der Waals surface area contributed by atoms with Gasteiger partial charge in [-0.05, 0) is 31.2 Å². The fourth-order valence-electron chi connectivity index (χ4n) is 2.34. The predicted molar refractivity (Wildman–Crippen MR) is 80.9 cm³/mol. The van der Waals surface area contributed by atoms with E-state index in [0.29, 0.717) is 11.3 Å². The van der Waals surface area contributed by atoms with E-state index in [-0.39, 0.29) is 5.82 Å². The van der Waals surface area contributed by atoms with Gasteiger partial charge >= 0.3 is 0 Å². The molecule has 0 bridgehead atoms. The highest BCUT2D eigenvalue weighted by atomic mass is 19.1. The fourth-order valence-corrected chi connectivity index (χ4v) is 2.34. The highest BCUT2D eigenvalue weighted by molar-refractivity contribution is 5.83. The van der Waals surface area contributed by atoms with E-state index in [4.69, 9.17) is 4.42 Å². The Morgan fingerprint density at radius 3 is 2.76 bits per heavy atom. The first-order valence-electron chi connectivity index (χ1n) is 6.87. The first-order chi connectivity index (χ1) is 10.1. The second kappa shape index (κ2) is 5.16. The van der Waals surface area contributed by atoms with Crippen molar-refractivity contribution in [2.75, 3.05) is 12.4 Å². The second-order valence-corrected chi connectivity index (χ2v) is 4.86. The average molecular weight is 285 g/mol. The van der Waals surface area contributed by atoms with Crippen LogP contribution in [0.15, 0.2) is 28.7 Å². The van der Waals surface area contributed by atoms with Gasteiger partial charge in [0.15, 0.2) is 5.76 Å². The molecule has 3 rings (SSSR count). The topological polar surface area (TPSA) is 51.0 Å². The number of nitrogens with one attached hydrogen (secondary N) is 1. The van der Waals surface area contributed by atoms with E-state index >= 15 is 0 Å². The number of halogens is 1. The number of rotatable bonds is 3. The van der Waals surface area contributed by atoms with Crippen molar-refractivity contribution in [3.05, 3.63) is 41.5 Å². The molecular formula is C16H16FN3O. The summed E-state index contributed by atoms with van der Waals surface area (Å²) in [5.41, 5.74) is 2.30. The van der Waals surface area contributed by atoms with Gasteiger partial charge in [-0.2, -0.15) is 0 Å². The predicted octanol–water partition coefficient (Wildman–Crippen LogP) is 3.94. The monoisotopic (exact) mass is 285 g/mol. The fraction of sp³-hybridized carbons (Fsp3) is 0.250. The Hall–Kier alpha value is -2.43. The molecule has 1 aromatic carbocycles. The summed E-state index contributed by atoms with van der Waals surface area (Å²) < 4.78 is 19.1. The van der Waals surface area contributed by atoms with Crippen molar-refractivity contribution in [3.63, 3.8) is 0 Å². The van der Waals surface area contributed by atoms with Crippen molar-refractivity contribution in [1.82, 2.24) is 9.97 Å². The third kappa shape index (κ3) is 2.35. The summed E-state index contributed by atoms with van der Waals surface area (Å²) in [5, 5.41) is 3.80. The molecule has 108 valence electrons. The molecule has 0 atom stereocenters. The lowest BCUT2D eigenvalue weighted by molar-refractivity contribution is 0.617. The number of anilines is 1. The first-order valence-corrected chi connectivity index (χ1v) is 6.87. The molecule has 3 aromatic rings. The van der Waals surface area contributed by atoms with Crippen LogP contribution in [-0.2, 0) is 6.42 Å². The Labute approximate surface area is 122 Å². The van der Waals surface area contributed by atoms with Crippen LogP contribution in [-0.4, -0.2) is 17.0 Å². The maximum atomic E-state index is 13.3. The number of hydrogen-bond acceptors (Lipinski definition) is 4. The third-order valence-electron chi connectivity index (χ3n) is 3.46. The minimum Gasteiger partial charge on any atom is -0.454 e. The van der Waals surface area contributed by atoms with E-state index in [1.807, 2.05) is 27.0 Å². The summed E-state index contributed by atoms with van der Waals surface area (Å²) in [4.78, 5) is 8.99. The lowest BCUT2D eigenvalue weighted by Crippen LogP contribution is -2.04. The summed E-state index contributed by atoms with van der Waals surface area (Å²) in [6.07, 6.45) is 0.733. The number of fused-ring (bicyclic) bond motifs is 1. The molecule has 0 amide bonds. The standard InChI is InChI=1S/C16H16FN3O/c1-4-14-19-15(9(2)16(18-3)20-14)13-8-10-7-11(17)5-6-12(10)21-13/h5-8H,4H2,1-3H3,(H,18,19,20). The van der Waals surface area contributed by atoms with Crippen molar-refractivity contribution >= 4 is 16.8 Å². The molecule has 0 radical (unpaired) electrons. The van der Waals surface area contributed by atoms with Crippen LogP contribution < -0.4 is 5.32 Å². The van der Waals surface area contributed by atoms with Crippen molar-refractivity contribution in [2.24, 2.45) is 0 Å². The largest absolute Gasteiger partial charge is 0.454 e. The first kappa shape index (κ1) is 13.5. The molecule has 1 N–H and O–H groups in total. The van der Waals surface area contributed by atoms with Crippen LogP contribution in [0.1, 0.15) is 18.3 Å². The van der Waals surface area contributed by atoms with Crippen molar-refractivity contribution in [1.29, 1.82) is 0 Å². The molecule has 0 saturated heterocycles. The molecule has 4 nitrogen and oxygen atoms in total. The van der Waals surface area contributed by atoms with E-state index in [9.17, 15) is 4.39 Å². The highest BCUT2D eigenvalue weighted by Crippen LogP contribution is 2.31. The van der Waals surface area contributed by atoms with Crippen molar-refractivity contribution < 1.29 is 8.81 Å². The van der Waals surface area contributed by atoms with Gasteiger partial charge in [0.1, 0.15) is 28.7 Å². The minimum absolute atomic E-state index is 0.278. The molecule has 2 aromatic heterocycles. The van der Waals surface area contributed by atoms with Crippen molar-refractivity contribution in [3.8, 4) is 11.5 Å². The molecular weight excluding hydrogens is 269 g/mol. The SMILES string of the molecule is CCc1nc(NC)c(C)c(-c2cc3cc(F)ccc3o2)n1. The lowest BCUT2D eigenvalue weighted by Gasteiger charge is -2.09. The molecule has 0 unspecified atom stereocenters. The Morgan fingerprint density at radius 1 is 1.24 bits per heavy atom. The van der Waals surface area contributed by atoms with Crippen LogP contribution >= 0.6 is 0 Å². The molecule has 0 saturated carbocycles. The quantitative estimate of drug-likeness (QED) is 0.792. The van der Waals surface area contributed by atoms with Gasteiger partial charge in [0.25, 0.3) is 0 Å². The van der Waals surface area contributed by atoms with E-state index in [0.717, 1.165) is 34.7 Å². The Kier molecular flexibility index (Phi) is 3.33. The van der Waals surface area contributed by atoms with Gasteiger partial charge in [0, 0.05) is 24.4 Å². The van der Waals surface area contributed by atoms with Gasteiger partial charge < -0.3 is 9.73 Å². The molecule has 5 heteroatoms. The molecule has 0 aliphatic carbocycles. The third-order valence-corrected chi connectivity index (χ3v) is 3.46. The Bertz CT molecular complexity index is 811. The average Bonchev–Trinajstić information content (AvgIpc) is 2.90. The Balaban J connectivity index is 2.21. The number of hydrogen-bond donors (Lipinski definition) is 1. The van der Waals surface area contributed by atoms with E-state index < -0.39 is 0 Å². The maximum Gasteiger partial charge on any atom is 0.154 e. The minimum atomic E-state index is -0.278. The molecule has 2 heterocycles. The molecule has 0 fully saturated rings. The van der Waals surface area contributed by atoms with E-state index in [1.54, 1.807) is 6.07 Å². The number of aromatic nitrogens is 2. The van der Waals surface area contributed by atoms with Crippen LogP contribution in [0, 0.1) is 12.7 Å². The number of aryl methyl sites for hydroxylation is 1. The van der Waals surface area contributed by atoms with Crippen LogP contribution in [0.4, 0.5) is 10.2 Å². The van der Waals surface area contributed by atoms with Gasteiger partial charge in [-0.1, -0.05) is 6.92 Å². The molecule has 0 aliphatic rings. The van der Waals surface area contributed by atoms with Gasteiger partial charge in [0.2, 0.25) is 0 Å². The van der Waals surface area contributed by atoms with Crippen LogP contribution in [0.3, 0.4) is 0 Å². The summed E-state index contributed by atoms with van der Waals surface area (Å²) in [6.45, 7) is 3.94.